The van der Waals surface area contributed by atoms with Crippen molar-refractivity contribution in [2.24, 2.45) is 0 Å². The summed E-state index contributed by atoms with van der Waals surface area (Å²) < 4.78 is 10.2. The van der Waals surface area contributed by atoms with Crippen molar-refractivity contribution in [2.45, 2.75) is 13.8 Å². The number of aryl methyl sites for hydroxylation is 2. The van der Waals surface area contributed by atoms with Gasteiger partial charge < -0.3 is 19.7 Å². The number of nitrogens with zero attached hydrogens (tertiary/aromatic N) is 2. The second-order valence-corrected chi connectivity index (χ2v) is 8.30. The minimum Gasteiger partial charge on any atom is -0.482 e. The number of para-hydroxylation sites is 1. The topological polar surface area (TPSA) is 88.2 Å². The lowest BCUT2D eigenvalue weighted by atomic mass is 10.1. The van der Waals surface area contributed by atoms with Gasteiger partial charge in [0.15, 0.2) is 6.61 Å². The van der Waals surface area contributed by atoms with Gasteiger partial charge in [-0.3, -0.25) is 14.5 Å². The lowest BCUT2D eigenvalue weighted by Crippen LogP contribution is -2.51. The number of benzene rings is 2. The zero-order valence-corrected chi connectivity index (χ0v) is 19.8. The van der Waals surface area contributed by atoms with Gasteiger partial charge in [-0.2, -0.15) is 0 Å². The molecule has 2 amide bonds. The van der Waals surface area contributed by atoms with Crippen LogP contribution in [0.5, 0.6) is 5.75 Å². The SMILES string of the molecule is COC(=O)c1ccc(OCC(=O)N2CCN(CC(=O)Nc3c(C)cccc3C)CC2)c(Cl)c1. The quantitative estimate of drug-likeness (QED) is 0.622. The van der Waals surface area contributed by atoms with Gasteiger partial charge in [0.2, 0.25) is 5.91 Å². The molecular formula is C24H28ClN3O5. The monoisotopic (exact) mass is 473 g/mol. The Morgan fingerprint density at radius 1 is 1.03 bits per heavy atom. The Balaban J connectivity index is 1.44. The molecule has 3 rings (SSSR count). The first kappa shape index (κ1) is 24.5. The van der Waals surface area contributed by atoms with Gasteiger partial charge >= 0.3 is 5.97 Å². The second-order valence-electron chi connectivity index (χ2n) is 7.90. The predicted molar refractivity (Wildman–Crippen MR) is 126 cm³/mol. The summed E-state index contributed by atoms with van der Waals surface area (Å²) in [5.74, 6) is -0.414. The Morgan fingerprint density at radius 2 is 1.70 bits per heavy atom. The van der Waals surface area contributed by atoms with Gasteiger partial charge in [0.05, 0.1) is 24.2 Å². The third-order valence-electron chi connectivity index (χ3n) is 5.54. The maximum atomic E-state index is 12.5. The average molecular weight is 474 g/mol. The number of rotatable bonds is 7. The number of carbonyl (C=O) groups excluding carboxylic acids is 3. The highest BCUT2D eigenvalue weighted by Gasteiger charge is 2.23. The van der Waals surface area contributed by atoms with Crippen LogP contribution in [0.15, 0.2) is 36.4 Å². The number of piperazine rings is 1. The molecule has 0 radical (unpaired) electrons. The minimum absolute atomic E-state index is 0.0689. The number of hydrogen-bond acceptors (Lipinski definition) is 6. The van der Waals surface area contributed by atoms with Crippen LogP contribution in [0.25, 0.3) is 0 Å². The number of hydrogen-bond donors (Lipinski definition) is 1. The molecule has 1 saturated heterocycles. The van der Waals surface area contributed by atoms with E-state index >= 15 is 0 Å². The Labute approximate surface area is 198 Å². The number of anilines is 1. The first-order valence-corrected chi connectivity index (χ1v) is 11.0. The standard InChI is InChI=1S/C24H28ClN3O5/c1-16-5-4-6-17(2)23(16)26-21(29)14-27-9-11-28(12-10-27)22(30)15-33-20-8-7-18(13-19(20)25)24(31)32-3/h4-8,13H,9-12,14-15H2,1-3H3,(H,26,29). The summed E-state index contributed by atoms with van der Waals surface area (Å²) >= 11 is 6.14. The highest BCUT2D eigenvalue weighted by atomic mass is 35.5. The van der Waals surface area contributed by atoms with Crippen LogP contribution in [0.4, 0.5) is 5.69 Å². The molecule has 176 valence electrons. The first-order valence-electron chi connectivity index (χ1n) is 10.7. The molecule has 1 aliphatic heterocycles. The van der Waals surface area contributed by atoms with E-state index in [4.69, 9.17) is 16.3 Å². The van der Waals surface area contributed by atoms with Gasteiger partial charge in [0, 0.05) is 31.9 Å². The molecule has 1 fully saturated rings. The number of amides is 2. The molecule has 0 aromatic heterocycles. The van der Waals surface area contributed by atoms with Gasteiger partial charge in [-0.25, -0.2) is 4.79 Å². The smallest absolute Gasteiger partial charge is 0.337 e. The van der Waals surface area contributed by atoms with Gasteiger partial charge in [-0.05, 0) is 43.2 Å². The van der Waals surface area contributed by atoms with E-state index in [9.17, 15) is 14.4 Å². The summed E-state index contributed by atoms with van der Waals surface area (Å²) in [4.78, 5) is 40.3. The normalized spacial score (nSPS) is 14.0. The summed E-state index contributed by atoms with van der Waals surface area (Å²) in [5, 5.41) is 3.22. The predicted octanol–water partition coefficient (Wildman–Crippen LogP) is 2.91. The van der Waals surface area contributed by atoms with E-state index in [0.717, 1.165) is 16.8 Å². The van der Waals surface area contributed by atoms with Crippen LogP contribution in [-0.4, -0.2) is 74.0 Å². The van der Waals surface area contributed by atoms with Crippen molar-refractivity contribution in [3.8, 4) is 5.75 Å². The van der Waals surface area contributed by atoms with Gasteiger partial charge in [-0.15, -0.1) is 0 Å². The molecule has 33 heavy (non-hydrogen) atoms. The molecule has 0 spiro atoms. The number of nitrogens with one attached hydrogen (secondary N) is 1. The highest BCUT2D eigenvalue weighted by Crippen LogP contribution is 2.26. The molecule has 2 aromatic rings. The second kappa shape index (κ2) is 11.2. The third kappa shape index (κ3) is 6.46. The van der Waals surface area contributed by atoms with Gasteiger partial charge in [-0.1, -0.05) is 29.8 Å². The molecule has 9 heteroatoms. The van der Waals surface area contributed by atoms with E-state index < -0.39 is 5.97 Å². The fourth-order valence-electron chi connectivity index (χ4n) is 3.64. The number of esters is 1. The Kier molecular flexibility index (Phi) is 8.30. The van der Waals surface area contributed by atoms with Crippen molar-refractivity contribution >= 4 is 35.1 Å². The molecule has 1 N–H and O–H groups in total. The summed E-state index contributed by atoms with van der Waals surface area (Å²) in [5.41, 5.74) is 3.21. The molecule has 8 nitrogen and oxygen atoms in total. The Morgan fingerprint density at radius 3 is 2.30 bits per heavy atom. The van der Waals surface area contributed by atoms with Crippen molar-refractivity contribution in [1.29, 1.82) is 0 Å². The maximum Gasteiger partial charge on any atom is 0.337 e. The third-order valence-corrected chi connectivity index (χ3v) is 5.84. The van der Waals surface area contributed by atoms with E-state index in [1.54, 1.807) is 4.90 Å². The molecule has 1 aliphatic rings. The largest absolute Gasteiger partial charge is 0.482 e. The van der Waals surface area contributed by atoms with Gasteiger partial charge in [0.1, 0.15) is 5.75 Å². The zero-order chi connectivity index (χ0) is 24.0. The number of methoxy groups -OCH3 is 1. The molecule has 0 saturated carbocycles. The van der Waals surface area contributed by atoms with Crippen molar-refractivity contribution in [1.82, 2.24) is 9.80 Å². The van der Waals surface area contributed by atoms with Gasteiger partial charge in [0.25, 0.3) is 5.91 Å². The van der Waals surface area contributed by atoms with Crippen molar-refractivity contribution in [3.05, 3.63) is 58.1 Å². The van der Waals surface area contributed by atoms with Crippen molar-refractivity contribution in [2.75, 3.05) is 51.8 Å². The molecule has 0 unspecified atom stereocenters. The van der Waals surface area contributed by atoms with E-state index in [0.29, 0.717) is 37.5 Å². The average Bonchev–Trinajstić information content (AvgIpc) is 2.80. The van der Waals surface area contributed by atoms with Crippen LogP contribution >= 0.6 is 11.6 Å². The minimum atomic E-state index is -0.500. The molecule has 0 atom stereocenters. The summed E-state index contributed by atoms with van der Waals surface area (Å²) in [7, 11) is 1.29. The molecular weight excluding hydrogens is 446 g/mol. The van der Waals surface area contributed by atoms with Crippen LogP contribution in [0, 0.1) is 13.8 Å². The fraction of sp³-hybridized carbons (Fsp3) is 0.375. The maximum absolute atomic E-state index is 12.5. The fourth-order valence-corrected chi connectivity index (χ4v) is 3.88. The van der Waals surface area contributed by atoms with Crippen LogP contribution in [0.2, 0.25) is 5.02 Å². The Hall–Kier alpha value is -3.10. The van der Waals surface area contributed by atoms with Crippen molar-refractivity contribution < 1.29 is 23.9 Å². The first-order chi connectivity index (χ1) is 15.8. The molecule has 0 aliphatic carbocycles. The van der Waals surface area contributed by atoms with Crippen LogP contribution < -0.4 is 10.1 Å². The van der Waals surface area contributed by atoms with E-state index in [-0.39, 0.29) is 30.0 Å². The van der Waals surface area contributed by atoms with Crippen LogP contribution in [0.1, 0.15) is 21.5 Å². The number of ether oxygens (including phenoxy) is 2. The summed E-state index contributed by atoms with van der Waals surface area (Å²) in [6.07, 6.45) is 0. The molecule has 2 aromatic carbocycles. The zero-order valence-electron chi connectivity index (χ0n) is 19.0. The Bertz CT molecular complexity index is 1010. The van der Waals surface area contributed by atoms with E-state index in [1.165, 1.54) is 25.3 Å². The lowest BCUT2D eigenvalue weighted by Gasteiger charge is -2.34. The van der Waals surface area contributed by atoms with E-state index in [1.807, 2.05) is 36.9 Å². The lowest BCUT2D eigenvalue weighted by molar-refractivity contribution is -0.135. The van der Waals surface area contributed by atoms with Crippen LogP contribution in [-0.2, 0) is 14.3 Å². The van der Waals surface area contributed by atoms with Crippen molar-refractivity contribution in [3.63, 3.8) is 0 Å². The molecule has 0 bridgehead atoms. The highest BCUT2D eigenvalue weighted by molar-refractivity contribution is 6.32. The van der Waals surface area contributed by atoms with Crippen LogP contribution in [0.3, 0.4) is 0 Å². The number of carbonyl (C=O) groups is 3. The molecule has 1 heterocycles. The van der Waals surface area contributed by atoms with E-state index in [2.05, 4.69) is 10.1 Å². The summed E-state index contributed by atoms with van der Waals surface area (Å²) in [6.45, 7) is 6.26. The number of halogens is 1. The summed E-state index contributed by atoms with van der Waals surface area (Å²) in [6, 6.07) is 10.4.